The van der Waals surface area contributed by atoms with E-state index < -0.39 is 29.7 Å². The van der Waals surface area contributed by atoms with Crippen LogP contribution in [0.15, 0.2) is 71.2 Å². The van der Waals surface area contributed by atoms with E-state index in [1.807, 2.05) is 0 Å². The lowest BCUT2D eigenvalue weighted by Crippen LogP contribution is -2.18. The van der Waals surface area contributed by atoms with Crippen LogP contribution in [0.3, 0.4) is 0 Å². The molecule has 5 nitrogen and oxygen atoms in total. The van der Waals surface area contributed by atoms with Crippen LogP contribution in [-0.2, 0) is 0 Å². The number of aromatic carboxylic acids is 1. The lowest BCUT2D eigenvalue weighted by molar-refractivity contribution is 0.0696. The molecule has 2 N–H and O–H groups in total. The second kappa shape index (κ2) is 9.03. The number of anilines is 1. The predicted octanol–water partition coefficient (Wildman–Crippen LogP) is 6.69. The van der Waals surface area contributed by atoms with Crippen molar-refractivity contribution in [3.8, 4) is 11.3 Å². The number of nitrogens with one attached hydrogen (secondary N) is 1. The molecule has 166 valence electrons. The van der Waals surface area contributed by atoms with E-state index in [-0.39, 0.29) is 27.9 Å². The SMILES string of the molecule is O=C(O)c1ccc(NC(=O)c2c(C(F)F)c(-c3ccccc3)nc3ccc(Br)cc23)c(F)c1. The van der Waals surface area contributed by atoms with E-state index in [1.165, 1.54) is 6.07 Å². The summed E-state index contributed by atoms with van der Waals surface area (Å²) in [6, 6.07) is 15.9. The summed E-state index contributed by atoms with van der Waals surface area (Å²) in [5.74, 6) is -3.33. The van der Waals surface area contributed by atoms with Crippen LogP contribution in [0.4, 0.5) is 18.9 Å². The fourth-order valence-electron chi connectivity index (χ4n) is 3.46. The molecule has 0 saturated carbocycles. The topological polar surface area (TPSA) is 79.3 Å². The molecular formula is C24H14BrF3N2O3. The number of nitrogens with zero attached hydrogens (tertiary/aromatic N) is 1. The van der Waals surface area contributed by atoms with Crippen LogP contribution in [0.2, 0.25) is 0 Å². The number of carbonyl (C=O) groups is 2. The molecule has 0 bridgehead atoms. The molecule has 1 amide bonds. The minimum Gasteiger partial charge on any atom is -0.478 e. The number of halogens is 4. The summed E-state index contributed by atoms with van der Waals surface area (Å²) in [6.45, 7) is 0. The highest BCUT2D eigenvalue weighted by Crippen LogP contribution is 2.37. The monoisotopic (exact) mass is 514 g/mol. The fraction of sp³-hybridized carbons (Fsp3) is 0.0417. The van der Waals surface area contributed by atoms with E-state index in [4.69, 9.17) is 5.11 Å². The third-order valence-electron chi connectivity index (χ3n) is 4.94. The van der Waals surface area contributed by atoms with Gasteiger partial charge in [-0.2, -0.15) is 0 Å². The highest BCUT2D eigenvalue weighted by molar-refractivity contribution is 9.10. The smallest absolute Gasteiger partial charge is 0.335 e. The molecular weight excluding hydrogens is 501 g/mol. The standard InChI is InChI=1S/C24H14BrF3N2O3/c25-14-7-9-17-15(11-14)19(20(22(27)28)21(29-17)12-4-2-1-3-5-12)23(31)30-18-8-6-13(24(32)33)10-16(18)26/h1-11,22H,(H,30,31)(H,32,33). The van der Waals surface area contributed by atoms with Gasteiger partial charge in [-0.1, -0.05) is 46.3 Å². The van der Waals surface area contributed by atoms with E-state index in [2.05, 4.69) is 26.2 Å². The van der Waals surface area contributed by atoms with Crippen molar-refractivity contribution in [1.82, 2.24) is 4.98 Å². The number of carboxylic acid groups (broad SMARTS) is 1. The number of aromatic nitrogens is 1. The van der Waals surface area contributed by atoms with Crippen molar-refractivity contribution in [2.45, 2.75) is 6.43 Å². The summed E-state index contributed by atoms with van der Waals surface area (Å²) in [6.07, 6.45) is -3.06. The maximum atomic E-state index is 14.4. The van der Waals surface area contributed by atoms with Crippen LogP contribution in [0.1, 0.15) is 32.7 Å². The Hall–Kier alpha value is -3.72. The summed E-state index contributed by atoms with van der Waals surface area (Å²) >= 11 is 3.28. The van der Waals surface area contributed by atoms with Gasteiger partial charge in [0.2, 0.25) is 0 Å². The molecule has 1 heterocycles. The molecule has 9 heteroatoms. The van der Waals surface area contributed by atoms with Crippen LogP contribution in [0, 0.1) is 5.82 Å². The van der Waals surface area contributed by atoms with Crippen molar-refractivity contribution in [3.63, 3.8) is 0 Å². The molecule has 0 radical (unpaired) electrons. The molecule has 3 aromatic carbocycles. The van der Waals surface area contributed by atoms with E-state index in [0.717, 1.165) is 18.2 Å². The molecule has 1 aromatic heterocycles. The molecule has 0 atom stereocenters. The maximum absolute atomic E-state index is 14.4. The van der Waals surface area contributed by atoms with Gasteiger partial charge in [0, 0.05) is 15.4 Å². The second-order valence-corrected chi connectivity index (χ2v) is 7.95. The van der Waals surface area contributed by atoms with Gasteiger partial charge in [0.05, 0.1) is 33.6 Å². The molecule has 0 saturated heterocycles. The van der Waals surface area contributed by atoms with Crippen molar-refractivity contribution < 1.29 is 27.9 Å². The van der Waals surface area contributed by atoms with Crippen LogP contribution < -0.4 is 5.32 Å². The highest BCUT2D eigenvalue weighted by atomic mass is 79.9. The van der Waals surface area contributed by atoms with Gasteiger partial charge in [-0.05, 0) is 36.4 Å². The zero-order valence-corrected chi connectivity index (χ0v) is 18.2. The summed E-state index contributed by atoms with van der Waals surface area (Å²) < 4.78 is 43.7. The first-order valence-corrected chi connectivity index (χ1v) is 10.4. The van der Waals surface area contributed by atoms with Crippen LogP contribution >= 0.6 is 15.9 Å². The lowest BCUT2D eigenvalue weighted by Gasteiger charge is -2.17. The third-order valence-corrected chi connectivity index (χ3v) is 5.43. The van der Waals surface area contributed by atoms with E-state index in [0.29, 0.717) is 15.6 Å². The first-order valence-electron chi connectivity index (χ1n) is 9.57. The number of carbonyl (C=O) groups excluding carboxylic acids is 1. The number of alkyl halides is 2. The molecule has 0 spiro atoms. The average molecular weight is 515 g/mol. The first kappa shape index (κ1) is 22.5. The Bertz CT molecular complexity index is 1400. The quantitative estimate of drug-likeness (QED) is 0.311. The van der Waals surface area contributed by atoms with E-state index in [9.17, 15) is 22.8 Å². The lowest BCUT2D eigenvalue weighted by atomic mass is 9.96. The predicted molar refractivity (Wildman–Crippen MR) is 121 cm³/mol. The van der Waals surface area contributed by atoms with E-state index >= 15 is 0 Å². The Kier molecular flexibility index (Phi) is 6.15. The van der Waals surface area contributed by atoms with Gasteiger partial charge in [0.15, 0.2) is 0 Å². The van der Waals surface area contributed by atoms with Crippen molar-refractivity contribution in [3.05, 3.63) is 93.7 Å². The van der Waals surface area contributed by atoms with Crippen LogP contribution in [-0.4, -0.2) is 22.0 Å². The third kappa shape index (κ3) is 4.45. The number of hydrogen-bond donors (Lipinski definition) is 2. The zero-order chi connectivity index (χ0) is 23.7. The molecule has 0 aliphatic rings. The number of benzene rings is 3. The van der Waals surface area contributed by atoms with Crippen molar-refractivity contribution in [2.75, 3.05) is 5.32 Å². The molecule has 0 fully saturated rings. The summed E-state index contributed by atoms with van der Waals surface area (Å²) in [5.41, 5.74) is -0.970. The van der Waals surface area contributed by atoms with Crippen molar-refractivity contribution in [1.29, 1.82) is 0 Å². The number of carboxylic acids is 1. The van der Waals surface area contributed by atoms with Gasteiger partial charge in [-0.25, -0.2) is 22.9 Å². The number of amides is 1. The van der Waals surface area contributed by atoms with Gasteiger partial charge in [0.25, 0.3) is 12.3 Å². The number of rotatable bonds is 5. The Morgan fingerprint density at radius 1 is 1.00 bits per heavy atom. The molecule has 33 heavy (non-hydrogen) atoms. The second-order valence-electron chi connectivity index (χ2n) is 7.03. The highest BCUT2D eigenvalue weighted by Gasteiger charge is 2.28. The Balaban J connectivity index is 1.93. The largest absolute Gasteiger partial charge is 0.478 e. The summed E-state index contributed by atoms with van der Waals surface area (Å²) in [5, 5.41) is 11.4. The average Bonchev–Trinajstić information content (AvgIpc) is 2.79. The fourth-order valence-corrected chi connectivity index (χ4v) is 3.82. The van der Waals surface area contributed by atoms with Gasteiger partial charge in [-0.3, -0.25) is 4.79 Å². The Labute approximate surface area is 194 Å². The van der Waals surface area contributed by atoms with Gasteiger partial charge in [0.1, 0.15) is 5.82 Å². The summed E-state index contributed by atoms with van der Waals surface area (Å²) in [7, 11) is 0. The Morgan fingerprint density at radius 3 is 2.36 bits per heavy atom. The Morgan fingerprint density at radius 2 is 1.73 bits per heavy atom. The summed E-state index contributed by atoms with van der Waals surface area (Å²) in [4.78, 5) is 28.7. The van der Waals surface area contributed by atoms with Gasteiger partial charge >= 0.3 is 5.97 Å². The molecule has 4 rings (SSSR count). The number of hydrogen-bond acceptors (Lipinski definition) is 3. The minimum absolute atomic E-state index is 0.0627. The van der Waals surface area contributed by atoms with Gasteiger partial charge < -0.3 is 10.4 Å². The van der Waals surface area contributed by atoms with E-state index in [1.54, 1.807) is 42.5 Å². The normalized spacial score (nSPS) is 11.1. The molecule has 0 aliphatic carbocycles. The zero-order valence-electron chi connectivity index (χ0n) is 16.7. The number of fused-ring (bicyclic) bond motifs is 1. The molecule has 0 aliphatic heterocycles. The van der Waals surface area contributed by atoms with Crippen LogP contribution in [0.25, 0.3) is 22.2 Å². The van der Waals surface area contributed by atoms with Crippen molar-refractivity contribution >= 4 is 44.4 Å². The van der Waals surface area contributed by atoms with Crippen LogP contribution in [0.5, 0.6) is 0 Å². The first-order chi connectivity index (χ1) is 15.8. The molecule has 4 aromatic rings. The maximum Gasteiger partial charge on any atom is 0.335 e. The van der Waals surface area contributed by atoms with Gasteiger partial charge in [-0.15, -0.1) is 0 Å². The minimum atomic E-state index is -3.06. The van der Waals surface area contributed by atoms with Crippen molar-refractivity contribution in [2.24, 2.45) is 0 Å². The number of pyridine rings is 1. The molecule has 0 unspecified atom stereocenters.